The van der Waals surface area contributed by atoms with Crippen LogP contribution in [0.3, 0.4) is 0 Å². The maximum Gasteiger partial charge on any atom is 0.313 e. The molecule has 23 heavy (non-hydrogen) atoms. The van der Waals surface area contributed by atoms with E-state index >= 15 is 0 Å². The van der Waals surface area contributed by atoms with E-state index in [4.69, 9.17) is 0 Å². The molecule has 2 amide bonds. The molecule has 0 aliphatic rings. The largest absolute Gasteiger partial charge is 0.393 e. The molecule has 0 aromatic heterocycles. The minimum Gasteiger partial charge on any atom is -0.393 e. The lowest BCUT2D eigenvalue weighted by Crippen LogP contribution is -2.38. The zero-order valence-electron chi connectivity index (χ0n) is 14.5. The second kappa shape index (κ2) is 9.30. The fourth-order valence-electron chi connectivity index (χ4n) is 2.58. The van der Waals surface area contributed by atoms with Gasteiger partial charge in [-0.3, -0.25) is 9.59 Å². The van der Waals surface area contributed by atoms with Crippen LogP contribution in [0.2, 0.25) is 0 Å². The van der Waals surface area contributed by atoms with Crippen LogP contribution in [0.25, 0.3) is 0 Å². The lowest BCUT2D eigenvalue weighted by Gasteiger charge is -2.14. The molecule has 0 fully saturated rings. The molecule has 0 radical (unpaired) electrons. The minimum atomic E-state index is -0.666. The van der Waals surface area contributed by atoms with Gasteiger partial charge in [-0.05, 0) is 55.4 Å². The van der Waals surface area contributed by atoms with Crippen LogP contribution in [-0.2, 0) is 22.4 Å². The number of anilines is 1. The van der Waals surface area contributed by atoms with Gasteiger partial charge in [-0.15, -0.1) is 0 Å². The smallest absolute Gasteiger partial charge is 0.313 e. The molecule has 3 N–H and O–H groups in total. The van der Waals surface area contributed by atoms with Crippen molar-refractivity contribution in [3.63, 3.8) is 0 Å². The second-order valence-electron chi connectivity index (χ2n) is 6.04. The van der Waals surface area contributed by atoms with Crippen molar-refractivity contribution in [2.75, 3.05) is 11.9 Å². The van der Waals surface area contributed by atoms with Crippen molar-refractivity contribution in [3.05, 3.63) is 29.3 Å². The Bertz CT molecular complexity index is 541. The van der Waals surface area contributed by atoms with Crippen molar-refractivity contribution in [2.45, 2.75) is 53.1 Å². The van der Waals surface area contributed by atoms with Gasteiger partial charge in [0.25, 0.3) is 0 Å². The summed E-state index contributed by atoms with van der Waals surface area (Å²) in [6.07, 6.45) is 2.00. The third kappa shape index (κ3) is 6.40. The minimum absolute atomic E-state index is 0.113. The number of aliphatic hydroxyl groups is 1. The molecule has 1 aromatic rings. The van der Waals surface area contributed by atoms with E-state index in [9.17, 15) is 14.7 Å². The van der Waals surface area contributed by atoms with Crippen LogP contribution < -0.4 is 10.6 Å². The highest BCUT2D eigenvalue weighted by atomic mass is 16.3. The van der Waals surface area contributed by atoms with Gasteiger partial charge in [-0.2, -0.15) is 0 Å². The molecule has 0 aliphatic carbocycles. The number of amides is 2. The fraction of sp³-hybridized carbons (Fsp3) is 0.556. The maximum absolute atomic E-state index is 11.9. The fourth-order valence-corrected chi connectivity index (χ4v) is 2.58. The molecule has 0 saturated heterocycles. The van der Waals surface area contributed by atoms with Gasteiger partial charge in [0.2, 0.25) is 0 Å². The van der Waals surface area contributed by atoms with Crippen LogP contribution in [0.1, 0.15) is 45.2 Å². The van der Waals surface area contributed by atoms with Crippen molar-refractivity contribution in [1.29, 1.82) is 0 Å². The Hall–Kier alpha value is -1.88. The van der Waals surface area contributed by atoms with Crippen LogP contribution in [0.4, 0.5) is 5.69 Å². The molecule has 5 nitrogen and oxygen atoms in total. The first-order valence-corrected chi connectivity index (χ1v) is 8.26. The van der Waals surface area contributed by atoms with E-state index in [0.717, 1.165) is 12.8 Å². The summed E-state index contributed by atoms with van der Waals surface area (Å²) in [5, 5.41) is 14.5. The summed E-state index contributed by atoms with van der Waals surface area (Å²) >= 11 is 0. The zero-order valence-corrected chi connectivity index (χ0v) is 14.5. The maximum atomic E-state index is 11.9. The number of carbonyl (C=O) groups is 2. The van der Waals surface area contributed by atoms with Gasteiger partial charge < -0.3 is 15.7 Å². The predicted octanol–water partition coefficient (Wildman–Crippen LogP) is 2.27. The molecule has 2 unspecified atom stereocenters. The Morgan fingerprint density at radius 2 is 1.74 bits per heavy atom. The van der Waals surface area contributed by atoms with Crippen LogP contribution in [0.5, 0.6) is 0 Å². The summed E-state index contributed by atoms with van der Waals surface area (Å²) in [4.78, 5) is 23.8. The highest BCUT2D eigenvalue weighted by Crippen LogP contribution is 2.17. The average molecular weight is 320 g/mol. The van der Waals surface area contributed by atoms with Gasteiger partial charge in [0, 0.05) is 12.2 Å². The van der Waals surface area contributed by atoms with Crippen molar-refractivity contribution < 1.29 is 14.7 Å². The van der Waals surface area contributed by atoms with Gasteiger partial charge in [0.1, 0.15) is 0 Å². The van der Waals surface area contributed by atoms with E-state index in [2.05, 4.69) is 24.5 Å². The molecule has 0 heterocycles. The summed E-state index contributed by atoms with van der Waals surface area (Å²) in [6.45, 7) is 8.15. The van der Waals surface area contributed by atoms with E-state index in [-0.39, 0.29) is 5.92 Å². The Morgan fingerprint density at radius 1 is 1.09 bits per heavy atom. The molecule has 2 atom stereocenters. The standard InChI is InChI=1S/C18H28N2O3/c1-5-14-7-8-16(10-15(14)6-2)20-18(23)17(22)19-11-12(3)9-13(4)21/h7-8,10,12-13,21H,5-6,9,11H2,1-4H3,(H,19,22)(H,20,23). The summed E-state index contributed by atoms with van der Waals surface area (Å²) in [5.41, 5.74) is 3.06. The number of hydrogen-bond acceptors (Lipinski definition) is 3. The van der Waals surface area contributed by atoms with Crippen molar-refractivity contribution in [3.8, 4) is 0 Å². The topological polar surface area (TPSA) is 78.4 Å². The molecule has 0 spiro atoms. The van der Waals surface area contributed by atoms with E-state index in [1.54, 1.807) is 6.92 Å². The normalized spacial score (nSPS) is 13.3. The Balaban J connectivity index is 2.56. The van der Waals surface area contributed by atoms with Crippen molar-refractivity contribution in [2.24, 2.45) is 5.92 Å². The van der Waals surface area contributed by atoms with Crippen LogP contribution in [-0.4, -0.2) is 29.6 Å². The van der Waals surface area contributed by atoms with Crippen LogP contribution in [0.15, 0.2) is 18.2 Å². The van der Waals surface area contributed by atoms with Gasteiger partial charge in [0.05, 0.1) is 6.10 Å². The summed E-state index contributed by atoms with van der Waals surface area (Å²) < 4.78 is 0. The molecular weight excluding hydrogens is 292 g/mol. The van der Waals surface area contributed by atoms with Gasteiger partial charge >= 0.3 is 11.8 Å². The number of aliphatic hydroxyl groups excluding tert-OH is 1. The number of benzene rings is 1. The lowest BCUT2D eigenvalue weighted by atomic mass is 10.0. The first-order valence-electron chi connectivity index (χ1n) is 8.26. The summed E-state index contributed by atoms with van der Waals surface area (Å²) in [5.74, 6) is -1.21. The Kier molecular flexibility index (Phi) is 7.75. The quantitative estimate of drug-likeness (QED) is 0.674. The van der Waals surface area contributed by atoms with Crippen molar-refractivity contribution >= 4 is 17.5 Å². The molecule has 1 rings (SSSR count). The SMILES string of the molecule is CCc1ccc(NC(=O)C(=O)NCC(C)CC(C)O)cc1CC. The average Bonchev–Trinajstić information content (AvgIpc) is 2.51. The highest BCUT2D eigenvalue weighted by Gasteiger charge is 2.15. The first kappa shape index (κ1) is 19.2. The molecule has 0 bridgehead atoms. The van der Waals surface area contributed by atoms with Gasteiger partial charge in [0.15, 0.2) is 0 Å². The van der Waals surface area contributed by atoms with E-state index in [1.165, 1.54) is 11.1 Å². The van der Waals surface area contributed by atoms with Crippen LogP contribution >= 0.6 is 0 Å². The zero-order chi connectivity index (χ0) is 17.4. The van der Waals surface area contributed by atoms with Gasteiger partial charge in [-0.25, -0.2) is 0 Å². The molecule has 0 aliphatic heterocycles. The Morgan fingerprint density at radius 3 is 2.30 bits per heavy atom. The monoisotopic (exact) mass is 320 g/mol. The van der Waals surface area contributed by atoms with E-state index in [0.29, 0.717) is 18.7 Å². The molecule has 0 saturated carbocycles. The van der Waals surface area contributed by atoms with Crippen LogP contribution in [0, 0.1) is 5.92 Å². The van der Waals surface area contributed by atoms with E-state index in [1.807, 2.05) is 25.1 Å². The molecule has 5 heteroatoms. The number of hydrogen-bond donors (Lipinski definition) is 3. The van der Waals surface area contributed by atoms with Crippen molar-refractivity contribution in [1.82, 2.24) is 5.32 Å². The van der Waals surface area contributed by atoms with Gasteiger partial charge in [-0.1, -0.05) is 26.8 Å². The molecular formula is C18H28N2O3. The first-order chi connectivity index (χ1) is 10.9. The third-order valence-corrected chi connectivity index (χ3v) is 3.79. The third-order valence-electron chi connectivity index (χ3n) is 3.79. The molecule has 1 aromatic carbocycles. The lowest BCUT2D eigenvalue weighted by molar-refractivity contribution is -0.136. The highest BCUT2D eigenvalue weighted by molar-refractivity contribution is 6.39. The second-order valence-corrected chi connectivity index (χ2v) is 6.04. The Labute approximate surface area is 138 Å². The summed E-state index contributed by atoms with van der Waals surface area (Å²) in [7, 11) is 0. The van der Waals surface area contributed by atoms with E-state index < -0.39 is 17.9 Å². The number of carbonyl (C=O) groups excluding carboxylic acids is 2. The molecule has 128 valence electrons. The number of aryl methyl sites for hydroxylation is 2. The summed E-state index contributed by atoms with van der Waals surface area (Å²) in [6, 6.07) is 5.72. The predicted molar refractivity (Wildman–Crippen MR) is 92.3 cm³/mol. The number of nitrogens with one attached hydrogen (secondary N) is 2. The number of rotatable bonds is 7.